The highest BCUT2D eigenvalue weighted by Gasteiger charge is 2.17. The molecular weight excluding hydrogens is 224 g/mol. The van der Waals surface area contributed by atoms with Crippen LogP contribution in [0.4, 0.5) is 0 Å². The van der Waals surface area contributed by atoms with Gasteiger partial charge >= 0.3 is 0 Å². The maximum absolute atomic E-state index is 5.84. The van der Waals surface area contributed by atoms with Crippen LogP contribution in [0.1, 0.15) is 30.6 Å². The summed E-state index contributed by atoms with van der Waals surface area (Å²) in [5.74, 6) is 0.946. The third-order valence-corrected chi connectivity index (χ3v) is 3.80. The molecule has 3 heteroatoms. The fourth-order valence-electron chi connectivity index (χ4n) is 2.83. The SMILES string of the molecule is NCc1oc2ccccc2c1CN1CCCCC1. The van der Waals surface area contributed by atoms with E-state index in [2.05, 4.69) is 17.0 Å². The van der Waals surface area contributed by atoms with Crippen LogP contribution < -0.4 is 5.73 Å². The Morgan fingerprint density at radius 1 is 1.11 bits per heavy atom. The summed E-state index contributed by atoms with van der Waals surface area (Å²) in [6, 6.07) is 8.24. The van der Waals surface area contributed by atoms with Crippen molar-refractivity contribution in [3.63, 3.8) is 0 Å². The third-order valence-electron chi connectivity index (χ3n) is 3.80. The van der Waals surface area contributed by atoms with Gasteiger partial charge in [0, 0.05) is 17.5 Å². The molecule has 0 unspecified atom stereocenters. The average molecular weight is 244 g/mol. The predicted octanol–water partition coefficient (Wildman–Crippen LogP) is 2.88. The molecule has 0 atom stereocenters. The lowest BCUT2D eigenvalue weighted by atomic mass is 10.1. The highest BCUT2D eigenvalue weighted by atomic mass is 16.3. The van der Waals surface area contributed by atoms with Gasteiger partial charge in [-0.25, -0.2) is 0 Å². The zero-order chi connectivity index (χ0) is 12.4. The number of furan rings is 1. The molecule has 1 fully saturated rings. The van der Waals surface area contributed by atoms with Gasteiger partial charge in [-0.1, -0.05) is 24.6 Å². The van der Waals surface area contributed by atoms with E-state index in [4.69, 9.17) is 10.2 Å². The highest BCUT2D eigenvalue weighted by molar-refractivity contribution is 5.82. The largest absolute Gasteiger partial charge is 0.459 e. The van der Waals surface area contributed by atoms with E-state index in [9.17, 15) is 0 Å². The van der Waals surface area contributed by atoms with Crippen molar-refractivity contribution in [2.24, 2.45) is 5.73 Å². The fourth-order valence-corrected chi connectivity index (χ4v) is 2.83. The summed E-state index contributed by atoms with van der Waals surface area (Å²) in [7, 11) is 0. The minimum absolute atomic E-state index is 0.484. The molecule has 18 heavy (non-hydrogen) atoms. The molecule has 0 amide bonds. The van der Waals surface area contributed by atoms with Crippen LogP contribution in [-0.4, -0.2) is 18.0 Å². The molecule has 3 rings (SSSR count). The predicted molar refractivity (Wildman–Crippen MR) is 73.2 cm³/mol. The molecule has 0 aliphatic carbocycles. The first-order valence-corrected chi connectivity index (χ1v) is 6.80. The normalized spacial score (nSPS) is 17.4. The Morgan fingerprint density at radius 3 is 2.67 bits per heavy atom. The zero-order valence-corrected chi connectivity index (χ0v) is 10.7. The molecule has 2 heterocycles. The van der Waals surface area contributed by atoms with E-state index < -0.39 is 0 Å². The number of nitrogens with two attached hydrogens (primary N) is 1. The number of para-hydroxylation sites is 1. The van der Waals surface area contributed by atoms with Crippen LogP contribution >= 0.6 is 0 Å². The van der Waals surface area contributed by atoms with E-state index in [1.807, 2.05) is 12.1 Å². The molecule has 0 saturated carbocycles. The maximum Gasteiger partial charge on any atom is 0.134 e. The van der Waals surface area contributed by atoms with Crippen LogP contribution in [0.15, 0.2) is 28.7 Å². The van der Waals surface area contributed by atoms with E-state index in [1.165, 1.54) is 43.3 Å². The lowest BCUT2D eigenvalue weighted by Gasteiger charge is -2.26. The lowest BCUT2D eigenvalue weighted by Crippen LogP contribution is -2.29. The lowest BCUT2D eigenvalue weighted by molar-refractivity contribution is 0.220. The van der Waals surface area contributed by atoms with Crippen molar-refractivity contribution in [2.45, 2.75) is 32.4 Å². The van der Waals surface area contributed by atoms with Crippen molar-refractivity contribution in [1.29, 1.82) is 0 Å². The van der Waals surface area contributed by atoms with Crippen LogP contribution in [0, 0.1) is 0 Å². The van der Waals surface area contributed by atoms with Gasteiger partial charge in [0.1, 0.15) is 11.3 Å². The monoisotopic (exact) mass is 244 g/mol. The molecule has 0 bridgehead atoms. The van der Waals surface area contributed by atoms with Gasteiger partial charge in [0.05, 0.1) is 6.54 Å². The summed E-state index contributed by atoms with van der Waals surface area (Å²) in [5.41, 5.74) is 8.06. The molecule has 96 valence electrons. The molecule has 0 radical (unpaired) electrons. The fraction of sp³-hybridized carbons (Fsp3) is 0.467. The van der Waals surface area contributed by atoms with E-state index in [-0.39, 0.29) is 0 Å². The minimum atomic E-state index is 0.484. The maximum atomic E-state index is 5.84. The summed E-state index contributed by atoms with van der Waals surface area (Å²) in [5, 5.41) is 1.23. The molecule has 2 N–H and O–H groups in total. The number of nitrogens with zero attached hydrogens (tertiary/aromatic N) is 1. The van der Waals surface area contributed by atoms with Crippen LogP contribution in [0.5, 0.6) is 0 Å². The van der Waals surface area contributed by atoms with E-state index >= 15 is 0 Å². The topological polar surface area (TPSA) is 42.4 Å². The molecule has 1 aliphatic heterocycles. The average Bonchev–Trinajstić information content (AvgIpc) is 2.78. The van der Waals surface area contributed by atoms with Gasteiger partial charge < -0.3 is 10.2 Å². The van der Waals surface area contributed by atoms with Gasteiger partial charge in [0.15, 0.2) is 0 Å². The number of piperidine rings is 1. The molecular formula is C15H20N2O. The van der Waals surface area contributed by atoms with Gasteiger partial charge in [0.25, 0.3) is 0 Å². The van der Waals surface area contributed by atoms with Gasteiger partial charge in [-0.3, -0.25) is 4.90 Å². The first-order chi connectivity index (χ1) is 8.88. The molecule has 1 aromatic heterocycles. The van der Waals surface area contributed by atoms with Gasteiger partial charge in [0.2, 0.25) is 0 Å². The van der Waals surface area contributed by atoms with E-state index in [0.717, 1.165) is 17.9 Å². The van der Waals surface area contributed by atoms with Crippen molar-refractivity contribution in [2.75, 3.05) is 13.1 Å². The summed E-state index contributed by atoms with van der Waals surface area (Å²) < 4.78 is 5.84. The van der Waals surface area contributed by atoms with Gasteiger partial charge in [-0.05, 0) is 32.0 Å². The quantitative estimate of drug-likeness (QED) is 0.902. The van der Waals surface area contributed by atoms with Crippen LogP contribution in [0.3, 0.4) is 0 Å². The van der Waals surface area contributed by atoms with Crippen molar-refractivity contribution < 1.29 is 4.42 Å². The molecule has 1 aromatic carbocycles. The number of benzene rings is 1. The molecule has 2 aromatic rings. The number of likely N-dealkylation sites (tertiary alicyclic amines) is 1. The van der Waals surface area contributed by atoms with Gasteiger partial charge in [-0.2, -0.15) is 0 Å². The summed E-state index contributed by atoms with van der Waals surface area (Å²) >= 11 is 0. The summed E-state index contributed by atoms with van der Waals surface area (Å²) in [6.45, 7) is 3.86. The van der Waals surface area contributed by atoms with Crippen molar-refractivity contribution in [3.8, 4) is 0 Å². The van der Waals surface area contributed by atoms with E-state index in [0.29, 0.717) is 6.54 Å². The number of rotatable bonds is 3. The first kappa shape index (κ1) is 11.8. The van der Waals surface area contributed by atoms with Gasteiger partial charge in [-0.15, -0.1) is 0 Å². The van der Waals surface area contributed by atoms with E-state index in [1.54, 1.807) is 0 Å². The molecule has 0 spiro atoms. The van der Waals surface area contributed by atoms with Crippen molar-refractivity contribution in [1.82, 2.24) is 4.90 Å². The second kappa shape index (κ2) is 5.12. The third kappa shape index (κ3) is 2.16. The molecule has 3 nitrogen and oxygen atoms in total. The number of fused-ring (bicyclic) bond motifs is 1. The Kier molecular flexibility index (Phi) is 3.35. The Bertz CT molecular complexity index is 526. The summed E-state index contributed by atoms with van der Waals surface area (Å²) in [4.78, 5) is 2.51. The second-order valence-corrected chi connectivity index (χ2v) is 5.04. The van der Waals surface area contributed by atoms with Crippen LogP contribution in [-0.2, 0) is 13.1 Å². The Hall–Kier alpha value is -1.32. The van der Waals surface area contributed by atoms with Crippen LogP contribution in [0.25, 0.3) is 11.0 Å². The minimum Gasteiger partial charge on any atom is -0.459 e. The first-order valence-electron chi connectivity index (χ1n) is 6.80. The summed E-state index contributed by atoms with van der Waals surface area (Å²) in [6.07, 6.45) is 3.99. The second-order valence-electron chi connectivity index (χ2n) is 5.04. The Labute approximate surface area is 108 Å². The Morgan fingerprint density at radius 2 is 1.89 bits per heavy atom. The molecule has 1 aliphatic rings. The highest BCUT2D eigenvalue weighted by Crippen LogP contribution is 2.27. The Balaban J connectivity index is 1.93. The standard InChI is InChI=1S/C15H20N2O/c16-10-15-13(11-17-8-4-1-5-9-17)12-6-2-3-7-14(12)18-15/h2-3,6-7H,1,4-5,8-11,16H2. The van der Waals surface area contributed by atoms with Crippen LogP contribution in [0.2, 0.25) is 0 Å². The number of hydrogen-bond acceptors (Lipinski definition) is 3. The molecule has 1 saturated heterocycles. The van der Waals surface area contributed by atoms with Crippen molar-refractivity contribution in [3.05, 3.63) is 35.6 Å². The van der Waals surface area contributed by atoms with Crippen molar-refractivity contribution >= 4 is 11.0 Å². The zero-order valence-electron chi connectivity index (χ0n) is 10.7. The number of hydrogen-bond donors (Lipinski definition) is 1. The smallest absolute Gasteiger partial charge is 0.134 e.